The molecule has 3 heteroatoms. The summed E-state index contributed by atoms with van der Waals surface area (Å²) in [4.78, 5) is 11.8. The third-order valence-corrected chi connectivity index (χ3v) is 3.21. The summed E-state index contributed by atoms with van der Waals surface area (Å²) in [5.74, 6) is 0.265. The van der Waals surface area contributed by atoms with Gasteiger partial charge in [-0.05, 0) is 30.5 Å². The molecule has 0 spiro atoms. The molecule has 2 rings (SSSR count). The Kier molecular flexibility index (Phi) is 6.24. The topological polar surface area (TPSA) is 35.5 Å². The third-order valence-electron chi connectivity index (χ3n) is 3.21. The Hall–Kier alpha value is -2.55. The van der Waals surface area contributed by atoms with Crippen molar-refractivity contribution in [3.05, 3.63) is 78.9 Å². The molecule has 0 aliphatic rings. The molecular weight excluding hydrogens is 276 g/mol. The van der Waals surface area contributed by atoms with E-state index < -0.39 is 0 Å². The molecule has 0 aliphatic carbocycles. The van der Waals surface area contributed by atoms with Crippen LogP contribution in [0.2, 0.25) is 0 Å². The first-order valence-electron chi connectivity index (χ1n) is 7.32. The first-order chi connectivity index (χ1) is 10.8. The predicted molar refractivity (Wildman–Crippen MR) is 86.8 cm³/mol. The lowest BCUT2D eigenvalue weighted by Crippen LogP contribution is -2.21. The average molecular weight is 296 g/mol. The largest absolute Gasteiger partial charge is 0.482 e. The van der Waals surface area contributed by atoms with Crippen LogP contribution >= 0.6 is 0 Å². The van der Waals surface area contributed by atoms with Crippen molar-refractivity contribution >= 4 is 5.97 Å². The number of hydrogen-bond acceptors (Lipinski definition) is 3. The van der Waals surface area contributed by atoms with Gasteiger partial charge in [0, 0.05) is 0 Å². The average Bonchev–Trinajstić information content (AvgIpc) is 2.58. The second kappa shape index (κ2) is 8.67. The van der Waals surface area contributed by atoms with Crippen molar-refractivity contribution in [1.29, 1.82) is 0 Å². The van der Waals surface area contributed by atoms with Crippen molar-refractivity contribution in [2.75, 3.05) is 6.61 Å². The van der Waals surface area contributed by atoms with Crippen molar-refractivity contribution in [2.45, 2.75) is 18.9 Å². The molecule has 2 aromatic carbocycles. The molecule has 0 aromatic heterocycles. The fraction of sp³-hybridized carbons (Fsp3) is 0.211. The lowest BCUT2D eigenvalue weighted by Gasteiger charge is -2.14. The molecule has 0 saturated heterocycles. The second-order valence-corrected chi connectivity index (χ2v) is 4.89. The Labute approximate surface area is 131 Å². The van der Waals surface area contributed by atoms with Crippen LogP contribution in [0.25, 0.3) is 0 Å². The zero-order valence-corrected chi connectivity index (χ0v) is 12.5. The number of benzene rings is 2. The van der Waals surface area contributed by atoms with E-state index in [1.54, 1.807) is 18.2 Å². The predicted octanol–water partition coefficient (Wildman–Crippen LogP) is 3.80. The van der Waals surface area contributed by atoms with E-state index in [1.165, 1.54) is 5.56 Å². The monoisotopic (exact) mass is 296 g/mol. The standard InChI is InChI=1S/C19H20O3/c1-2-17(14-13-16-9-5-3-6-10-16)22-19(20)15-21-18-11-7-4-8-12-18/h2-12,17H,1,13-15H2/t17-/m1/s1. The lowest BCUT2D eigenvalue weighted by atomic mass is 10.1. The fourth-order valence-electron chi connectivity index (χ4n) is 2.04. The summed E-state index contributed by atoms with van der Waals surface area (Å²) < 4.78 is 10.7. The van der Waals surface area contributed by atoms with Crippen LogP contribution in [0.15, 0.2) is 73.3 Å². The van der Waals surface area contributed by atoms with Gasteiger partial charge in [-0.15, -0.1) is 0 Å². The Balaban J connectivity index is 1.74. The van der Waals surface area contributed by atoms with Crippen LogP contribution in [0, 0.1) is 0 Å². The molecule has 1 atom stereocenters. The van der Waals surface area contributed by atoms with Crippen LogP contribution in [0.3, 0.4) is 0 Å². The highest BCUT2D eigenvalue weighted by molar-refractivity contribution is 5.71. The quantitative estimate of drug-likeness (QED) is 0.549. The van der Waals surface area contributed by atoms with Crippen molar-refractivity contribution in [3.63, 3.8) is 0 Å². The minimum atomic E-state index is -0.387. The maximum atomic E-state index is 11.8. The number of carbonyl (C=O) groups is 1. The van der Waals surface area contributed by atoms with Crippen LogP contribution in [-0.4, -0.2) is 18.7 Å². The van der Waals surface area contributed by atoms with Gasteiger partial charge in [-0.3, -0.25) is 0 Å². The summed E-state index contributed by atoms with van der Waals surface area (Å²) in [6.45, 7) is 3.63. The SMILES string of the molecule is C=C[C@H](CCc1ccccc1)OC(=O)COc1ccccc1. The van der Waals surface area contributed by atoms with Crippen molar-refractivity contribution in [2.24, 2.45) is 0 Å². The Morgan fingerprint density at radius 2 is 1.68 bits per heavy atom. The van der Waals surface area contributed by atoms with Crippen molar-refractivity contribution in [1.82, 2.24) is 0 Å². The van der Waals surface area contributed by atoms with E-state index in [1.807, 2.05) is 36.4 Å². The van der Waals surface area contributed by atoms with Gasteiger partial charge in [-0.1, -0.05) is 61.2 Å². The van der Waals surface area contributed by atoms with Gasteiger partial charge in [0.2, 0.25) is 0 Å². The number of esters is 1. The van der Waals surface area contributed by atoms with Gasteiger partial charge in [0.05, 0.1) is 0 Å². The number of para-hydroxylation sites is 1. The van der Waals surface area contributed by atoms with E-state index in [-0.39, 0.29) is 18.7 Å². The summed E-state index contributed by atoms with van der Waals surface area (Å²) in [7, 11) is 0. The number of rotatable bonds is 8. The lowest BCUT2D eigenvalue weighted by molar-refractivity contribution is -0.149. The van der Waals surface area contributed by atoms with Crippen molar-refractivity contribution in [3.8, 4) is 5.75 Å². The van der Waals surface area contributed by atoms with E-state index >= 15 is 0 Å². The molecule has 0 N–H and O–H groups in total. The Morgan fingerprint density at radius 3 is 2.32 bits per heavy atom. The normalized spacial score (nSPS) is 11.5. The number of hydrogen-bond donors (Lipinski definition) is 0. The highest BCUT2D eigenvalue weighted by Crippen LogP contribution is 2.10. The summed E-state index contributed by atoms with van der Waals surface area (Å²) in [5.41, 5.74) is 1.21. The van der Waals surface area contributed by atoms with Gasteiger partial charge in [-0.2, -0.15) is 0 Å². The summed E-state index contributed by atoms with van der Waals surface area (Å²) in [5, 5.41) is 0. The number of ether oxygens (including phenoxy) is 2. The molecule has 0 bridgehead atoms. The first kappa shape index (κ1) is 15.8. The minimum absolute atomic E-state index is 0.0975. The molecule has 0 aliphatic heterocycles. The van der Waals surface area contributed by atoms with Crippen LogP contribution in [0.5, 0.6) is 5.75 Å². The van der Waals surface area contributed by atoms with E-state index in [4.69, 9.17) is 9.47 Å². The molecule has 0 heterocycles. The van der Waals surface area contributed by atoms with Gasteiger partial charge in [0.25, 0.3) is 0 Å². The molecule has 0 saturated carbocycles. The van der Waals surface area contributed by atoms with Gasteiger partial charge in [-0.25, -0.2) is 4.79 Å². The maximum absolute atomic E-state index is 11.8. The molecule has 0 radical (unpaired) electrons. The van der Waals surface area contributed by atoms with E-state index in [0.717, 1.165) is 6.42 Å². The molecule has 22 heavy (non-hydrogen) atoms. The summed E-state index contributed by atoms with van der Waals surface area (Å²) in [6.07, 6.45) is 2.91. The van der Waals surface area contributed by atoms with Gasteiger partial charge < -0.3 is 9.47 Å². The molecule has 3 nitrogen and oxygen atoms in total. The molecule has 0 unspecified atom stereocenters. The zero-order valence-electron chi connectivity index (χ0n) is 12.5. The smallest absolute Gasteiger partial charge is 0.344 e. The van der Waals surface area contributed by atoms with Gasteiger partial charge in [0.1, 0.15) is 11.9 Å². The van der Waals surface area contributed by atoms with E-state index in [9.17, 15) is 4.79 Å². The summed E-state index contributed by atoms with van der Waals surface area (Å²) in [6, 6.07) is 19.3. The summed E-state index contributed by atoms with van der Waals surface area (Å²) >= 11 is 0. The maximum Gasteiger partial charge on any atom is 0.344 e. The van der Waals surface area contributed by atoms with Crippen LogP contribution in [-0.2, 0) is 16.0 Å². The number of carbonyl (C=O) groups excluding carboxylic acids is 1. The zero-order chi connectivity index (χ0) is 15.6. The minimum Gasteiger partial charge on any atom is -0.482 e. The highest BCUT2D eigenvalue weighted by atomic mass is 16.6. The van der Waals surface area contributed by atoms with Crippen LogP contribution < -0.4 is 4.74 Å². The van der Waals surface area contributed by atoms with E-state index in [0.29, 0.717) is 12.2 Å². The van der Waals surface area contributed by atoms with E-state index in [2.05, 4.69) is 18.7 Å². The second-order valence-electron chi connectivity index (χ2n) is 4.89. The Morgan fingerprint density at radius 1 is 1.05 bits per heavy atom. The van der Waals surface area contributed by atoms with Crippen LogP contribution in [0.4, 0.5) is 0 Å². The molecule has 0 amide bonds. The molecule has 0 fully saturated rings. The highest BCUT2D eigenvalue weighted by Gasteiger charge is 2.12. The van der Waals surface area contributed by atoms with Gasteiger partial charge >= 0.3 is 5.97 Å². The first-order valence-corrected chi connectivity index (χ1v) is 7.32. The molecular formula is C19H20O3. The fourth-order valence-corrected chi connectivity index (χ4v) is 2.04. The Bertz CT molecular complexity index is 578. The molecule has 114 valence electrons. The number of aryl methyl sites for hydroxylation is 1. The van der Waals surface area contributed by atoms with Crippen LogP contribution in [0.1, 0.15) is 12.0 Å². The molecule has 2 aromatic rings. The third kappa shape index (κ3) is 5.44. The van der Waals surface area contributed by atoms with Crippen molar-refractivity contribution < 1.29 is 14.3 Å². The van der Waals surface area contributed by atoms with Gasteiger partial charge in [0.15, 0.2) is 6.61 Å².